The number of carboxylic acid groups (broad SMARTS) is 1. The van der Waals surface area contributed by atoms with E-state index >= 15 is 0 Å². The van der Waals surface area contributed by atoms with Crippen LogP contribution >= 0.6 is 40.5 Å². The first kappa shape index (κ1) is 89.1. The number of aldehydes is 1. The summed E-state index contributed by atoms with van der Waals surface area (Å²) in [5.41, 5.74) is 7.97. The molecule has 0 aromatic carbocycles. The van der Waals surface area contributed by atoms with Gasteiger partial charge < -0.3 is 93.3 Å². The van der Waals surface area contributed by atoms with Gasteiger partial charge in [-0.05, 0) is 102 Å². The Balaban J connectivity index is -0.000000331. The number of methoxy groups -OCH3 is 5. The summed E-state index contributed by atoms with van der Waals surface area (Å²) in [5, 5.41) is 15.2. The van der Waals surface area contributed by atoms with Crippen molar-refractivity contribution in [3.05, 3.63) is 54.7 Å². The van der Waals surface area contributed by atoms with Crippen LogP contribution in [0.1, 0.15) is 24.0 Å². The Morgan fingerprint density at radius 2 is 0.841 bits per heavy atom. The zero-order valence-electron chi connectivity index (χ0n) is 50.5. The van der Waals surface area contributed by atoms with Crippen LogP contribution in [-0.4, -0.2) is 225 Å². The lowest BCUT2D eigenvalue weighted by molar-refractivity contribution is -0.143. The van der Waals surface area contributed by atoms with E-state index in [1.807, 2.05) is 0 Å². The van der Waals surface area contributed by atoms with E-state index in [4.69, 9.17) is 64.6 Å². The maximum atomic E-state index is 11.7. The first-order valence-electron chi connectivity index (χ1n) is 25.8. The molecule has 28 heteroatoms. The summed E-state index contributed by atoms with van der Waals surface area (Å²) in [5.74, 6) is 40.3. The molecule has 0 saturated carbocycles. The van der Waals surface area contributed by atoms with Crippen LogP contribution in [0, 0.1) is 107 Å². The van der Waals surface area contributed by atoms with Gasteiger partial charge in [-0.15, -0.1) is 6.42 Å². The van der Waals surface area contributed by atoms with Crippen molar-refractivity contribution in [1.82, 2.24) is 40.5 Å². The minimum absolute atomic E-state index is 0. The zero-order chi connectivity index (χ0) is 62.7. The van der Waals surface area contributed by atoms with E-state index in [9.17, 15) is 19.2 Å². The van der Waals surface area contributed by atoms with Crippen LogP contribution in [-0.2, 0) is 90.5 Å². The van der Waals surface area contributed by atoms with E-state index in [-0.39, 0.29) is 53.1 Å². The minimum atomic E-state index is -0.896. The summed E-state index contributed by atoms with van der Waals surface area (Å²) >= 11 is 0. The van der Waals surface area contributed by atoms with Crippen LogP contribution in [0.3, 0.4) is 0 Å². The molecule has 3 aromatic rings. The van der Waals surface area contributed by atoms with Gasteiger partial charge >= 0.3 is 17.9 Å². The number of aromatic amines is 3. The predicted molar refractivity (Wildman–Crippen MR) is 345 cm³/mol. The van der Waals surface area contributed by atoms with Crippen LogP contribution in [0.15, 0.2) is 37.6 Å². The van der Waals surface area contributed by atoms with E-state index in [1.165, 1.54) is 20.5 Å². The topological polar surface area (TPSA) is 326 Å². The number of hydrogen-bond donors (Lipinski definition) is 7. The van der Waals surface area contributed by atoms with Crippen molar-refractivity contribution in [2.45, 2.75) is 44.3 Å². The van der Waals surface area contributed by atoms with Gasteiger partial charge in [-0.25, -0.2) is 15.0 Å². The molecule has 0 bridgehead atoms. The highest BCUT2D eigenvalue weighted by Gasteiger charge is 2.20. The molecular weight excluding hydrogens is 1200 g/mol. The Hall–Kier alpha value is -7.68. The number of imidazole rings is 3. The summed E-state index contributed by atoms with van der Waals surface area (Å²) in [6.07, 6.45) is 16.5. The van der Waals surface area contributed by atoms with Gasteiger partial charge in [0.05, 0.1) is 126 Å². The van der Waals surface area contributed by atoms with Crippen molar-refractivity contribution in [3.63, 3.8) is 0 Å². The summed E-state index contributed by atoms with van der Waals surface area (Å²) in [7, 11) is 7.55. The molecule has 482 valence electrons. The van der Waals surface area contributed by atoms with Gasteiger partial charge in [0.1, 0.15) is 31.0 Å². The van der Waals surface area contributed by atoms with E-state index in [1.54, 1.807) is 59.5 Å². The minimum Gasteiger partial charge on any atom is -0.480 e. The van der Waals surface area contributed by atoms with Gasteiger partial charge in [0, 0.05) is 89.4 Å². The lowest BCUT2D eigenvalue weighted by Crippen LogP contribution is -2.41. The lowest BCUT2D eigenvalue weighted by Gasteiger charge is -2.15. The van der Waals surface area contributed by atoms with E-state index in [0.717, 1.165) is 23.4 Å². The van der Waals surface area contributed by atoms with Gasteiger partial charge in [-0.3, -0.25) is 14.4 Å². The molecule has 0 aliphatic carbocycles. The number of carbonyl (C=O) groups is 4. The molecule has 0 aliphatic rings. The summed E-state index contributed by atoms with van der Waals surface area (Å²) in [6, 6.07) is -1.70. The molecule has 3 aromatic heterocycles. The van der Waals surface area contributed by atoms with Gasteiger partial charge in [0.2, 0.25) is 0 Å². The Kier molecular flexibility index (Phi) is 72.7. The van der Waals surface area contributed by atoms with Crippen molar-refractivity contribution in [2.24, 2.45) is 5.73 Å². The van der Waals surface area contributed by atoms with Crippen molar-refractivity contribution in [1.29, 1.82) is 0 Å². The molecule has 25 nitrogen and oxygen atoms in total. The average molecular weight is 1280 g/mol. The number of H-pyrrole nitrogens is 3. The van der Waals surface area contributed by atoms with E-state index in [2.05, 4.69) is 146 Å². The maximum absolute atomic E-state index is 11.7. The molecule has 0 fully saturated rings. The number of hydrogen-bond acceptors (Lipinski definition) is 21. The van der Waals surface area contributed by atoms with Crippen LogP contribution in [0.25, 0.3) is 0 Å². The first-order chi connectivity index (χ1) is 41.6. The van der Waals surface area contributed by atoms with Crippen molar-refractivity contribution in [3.8, 4) is 107 Å². The normalized spacial score (nSPS) is 9.80. The highest BCUT2D eigenvalue weighted by molar-refractivity contribution is 7.59. The lowest BCUT2D eigenvalue weighted by atomic mass is 10.1. The molecule has 0 saturated heterocycles. The summed E-state index contributed by atoms with van der Waals surface area (Å²) < 4.78 is 54.8. The number of aromatic nitrogens is 6. The number of esters is 2. The third kappa shape index (κ3) is 61.4. The second kappa shape index (κ2) is 71.8. The smallest absolute Gasteiger partial charge is 0.323 e. The number of ether oxygens (including phenoxy) is 11. The van der Waals surface area contributed by atoms with E-state index < -0.39 is 30.1 Å². The standard InChI is InChI=1S/C19H4.C14H25N3O5.C13H23N3O5.C7H11N3O2.C7H14O4.3H2S/c1-3-5-7-9-11-13-15-17-19-18-16-14-12-10-8-6-4-2;1-19-5-6-22-8-7-21-4-3-16-13(14(18)20-2)9-12-10-15-11-17-12;1-19-4-5-21-7-6-20-3-2-15-12(13(17)18)8-11-9-14-10-16-11;1-12-7(11)6(8)2-5-3-9-4-10-5;1-9-4-5-11-7-6-10-3-2-8;;;/h1H,2H3;10-11,13,16H,3-9H2,1-2H3,(H,15,17);9-10,12,15H,2-8H2,1H3,(H,14,16)(H,17,18);3-4,6H,2,8H2,1H3,(H,9,10);2H,3-7H2,1H3;3*1H2/t;13-;12-;6-;;;;/m.000..../s1. The Bertz CT molecular complexity index is 2770. The molecule has 88 heavy (non-hydrogen) atoms. The summed E-state index contributed by atoms with van der Waals surface area (Å²) in [6.45, 7) is 10.2. The number of rotatable bonds is 37. The maximum Gasteiger partial charge on any atom is 0.323 e. The fourth-order valence-corrected chi connectivity index (χ4v) is 5.27. The van der Waals surface area contributed by atoms with Gasteiger partial charge in [-0.2, -0.15) is 40.5 Å². The zero-order valence-corrected chi connectivity index (χ0v) is 53.5. The number of carbonyl (C=O) groups excluding carboxylic acids is 3. The average Bonchev–Trinajstić information content (AvgIpc) is 4.55. The van der Waals surface area contributed by atoms with Crippen LogP contribution in [0.4, 0.5) is 0 Å². The molecule has 3 heterocycles. The van der Waals surface area contributed by atoms with Gasteiger partial charge in [-0.1, -0.05) is 5.92 Å². The predicted octanol–water partition coefficient (Wildman–Crippen LogP) is -0.240. The van der Waals surface area contributed by atoms with Crippen molar-refractivity contribution in [2.75, 3.05) is 148 Å². The molecule has 3 atom stereocenters. The number of terminal acetylenes is 1. The Morgan fingerprint density at radius 1 is 0.511 bits per heavy atom. The first-order valence-corrected chi connectivity index (χ1v) is 25.8. The monoisotopic (exact) mass is 1280 g/mol. The fraction of sp³-hybridized carbons (Fsp3) is 0.483. The second-order valence-electron chi connectivity index (χ2n) is 15.4. The molecule has 0 unspecified atom stereocenters. The van der Waals surface area contributed by atoms with Gasteiger partial charge in [0.15, 0.2) is 0 Å². The molecule has 0 spiro atoms. The van der Waals surface area contributed by atoms with Crippen LogP contribution < -0.4 is 16.4 Å². The SMILES string of the molecule is C#CC#CC#CC#CC#CC#CC#CC#CC#CC.COC(=O)[C@@H](N)Cc1cnc[nH]1.COCCOCCOCC=O.COCCOCCOCCN[C@@H](Cc1cnc[nH]1)C(=O)O.COCCOCCOCCN[C@@H](Cc1cnc[nH]1)C(=O)OC.S.S.S. The molecule has 0 radical (unpaired) electrons. The van der Waals surface area contributed by atoms with E-state index in [0.29, 0.717) is 125 Å². The number of aliphatic carboxylic acids is 1. The third-order valence-corrected chi connectivity index (χ3v) is 9.18. The second-order valence-corrected chi connectivity index (χ2v) is 15.4. The molecule has 0 amide bonds. The van der Waals surface area contributed by atoms with Crippen molar-refractivity contribution < 1.29 is 76.4 Å². The third-order valence-electron chi connectivity index (χ3n) is 9.18. The largest absolute Gasteiger partial charge is 0.480 e. The highest BCUT2D eigenvalue weighted by atomic mass is 32.1. The fourth-order valence-electron chi connectivity index (χ4n) is 5.27. The number of carboxylic acids is 1. The van der Waals surface area contributed by atoms with Crippen LogP contribution in [0.5, 0.6) is 0 Å². The Morgan fingerprint density at radius 3 is 1.17 bits per heavy atom. The number of nitrogens with two attached hydrogens (primary N) is 1. The molecular formula is C60H83N9O16S3. The van der Waals surface area contributed by atoms with Crippen LogP contribution in [0.2, 0.25) is 0 Å². The highest BCUT2D eigenvalue weighted by Crippen LogP contribution is 2.01. The quantitative estimate of drug-likeness (QED) is 0.0170. The molecule has 8 N–H and O–H groups in total. The Labute approximate surface area is 538 Å². The number of nitrogens with zero attached hydrogens (tertiary/aromatic N) is 3. The van der Waals surface area contributed by atoms with Gasteiger partial charge in [0.25, 0.3) is 0 Å². The van der Waals surface area contributed by atoms with Crippen molar-refractivity contribution >= 4 is 64.7 Å². The summed E-state index contributed by atoms with van der Waals surface area (Å²) in [4.78, 5) is 63.7. The molecule has 3 rings (SSSR count). The number of nitrogens with one attached hydrogen (secondary N) is 5. The molecule has 0 aliphatic heterocycles.